The molecule has 11 heteroatoms. The smallest absolute Gasteiger partial charge is 0.255 e. The van der Waals surface area contributed by atoms with Crippen molar-refractivity contribution in [3.8, 4) is 17.2 Å². The van der Waals surface area contributed by atoms with Crippen LogP contribution in [0.25, 0.3) is 11.1 Å². The lowest BCUT2D eigenvalue weighted by molar-refractivity contribution is -0.153. The van der Waals surface area contributed by atoms with E-state index >= 15 is 0 Å². The number of aromatic nitrogens is 1. The topological polar surface area (TPSA) is 139 Å². The van der Waals surface area contributed by atoms with E-state index in [2.05, 4.69) is 15.6 Å². The lowest BCUT2D eigenvalue weighted by Crippen LogP contribution is -2.50. The normalized spacial score (nSPS) is 16.6. The third-order valence-electron chi connectivity index (χ3n) is 6.27. The Morgan fingerprint density at radius 1 is 1.24 bits per heavy atom. The first-order chi connectivity index (χ1) is 17.8. The summed E-state index contributed by atoms with van der Waals surface area (Å²) in [7, 11) is 1.75. The van der Waals surface area contributed by atoms with E-state index in [9.17, 15) is 29.5 Å². The summed E-state index contributed by atoms with van der Waals surface area (Å²) in [5, 5.41) is 38.1. The van der Waals surface area contributed by atoms with Crippen molar-refractivity contribution in [1.82, 2.24) is 15.2 Å². The fraction of sp³-hybridized carbons (Fsp3) is 0.308. The van der Waals surface area contributed by atoms with E-state index in [0.29, 0.717) is 40.5 Å². The fourth-order valence-corrected chi connectivity index (χ4v) is 5.02. The molecular formula is C26H26FN5O4S. The predicted octanol–water partition coefficient (Wildman–Crippen LogP) is 2.56. The van der Waals surface area contributed by atoms with Crippen LogP contribution >= 0.6 is 11.3 Å². The number of aliphatic hydroxyl groups is 2. The van der Waals surface area contributed by atoms with Gasteiger partial charge in [-0.1, -0.05) is 30.3 Å². The SMILES string of the molecule is CNc1nc([C@H]2CCCN2C(=O)[C@H](O)[C@@H](O)C(=O)NCc2ccc(-c3ccc(F)cc3C#N)cc2)cs1. The Morgan fingerprint density at radius 3 is 2.68 bits per heavy atom. The summed E-state index contributed by atoms with van der Waals surface area (Å²) in [6.07, 6.45) is -2.44. The van der Waals surface area contributed by atoms with Gasteiger partial charge >= 0.3 is 0 Å². The maximum Gasteiger partial charge on any atom is 0.255 e. The molecule has 0 spiro atoms. The van der Waals surface area contributed by atoms with Crippen molar-refractivity contribution in [2.24, 2.45) is 0 Å². The molecule has 0 unspecified atom stereocenters. The molecule has 192 valence electrons. The third-order valence-corrected chi connectivity index (χ3v) is 7.15. The number of rotatable bonds is 8. The summed E-state index contributed by atoms with van der Waals surface area (Å²) >= 11 is 1.41. The zero-order valence-electron chi connectivity index (χ0n) is 20.0. The van der Waals surface area contributed by atoms with E-state index in [1.165, 1.54) is 34.4 Å². The lowest BCUT2D eigenvalue weighted by atomic mass is 9.99. The highest BCUT2D eigenvalue weighted by atomic mass is 32.1. The van der Waals surface area contributed by atoms with Crippen LogP contribution in [0.15, 0.2) is 47.8 Å². The van der Waals surface area contributed by atoms with Crippen LogP contribution in [0, 0.1) is 17.1 Å². The van der Waals surface area contributed by atoms with Gasteiger partial charge in [-0.05, 0) is 41.7 Å². The molecular weight excluding hydrogens is 497 g/mol. The number of carbonyl (C=O) groups is 2. The Labute approximate surface area is 217 Å². The minimum Gasteiger partial charge on any atom is -0.380 e. The molecule has 4 N–H and O–H groups in total. The first-order valence-corrected chi connectivity index (χ1v) is 12.6. The van der Waals surface area contributed by atoms with E-state index in [4.69, 9.17) is 0 Å². The Morgan fingerprint density at radius 2 is 2.00 bits per heavy atom. The van der Waals surface area contributed by atoms with Crippen LogP contribution < -0.4 is 10.6 Å². The maximum atomic E-state index is 13.4. The largest absolute Gasteiger partial charge is 0.380 e. The molecule has 0 bridgehead atoms. The molecule has 3 aromatic rings. The van der Waals surface area contributed by atoms with E-state index < -0.39 is 29.8 Å². The summed E-state index contributed by atoms with van der Waals surface area (Å²) in [6, 6.07) is 12.5. The molecule has 37 heavy (non-hydrogen) atoms. The zero-order valence-corrected chi connectivity index (χ0v) is 20.8. The standard InChI is InChI=1S/C26H26FN5O4S/c1-29-26-31-20(14-37-26)21-3-2-10-32(21)25(36)23(34)22(33)24(35)30-13-15-4-6-16(7-5-15)19-9-8-18(27)11-17(19)12-28/h4-9,11,14,21-23,33-34H,2-3,10,13H2,1H3,(H,29,31)(H,30,35)/t21-,22-,23-/m1/s1. The number of likely N-dealkylation sites (tertiary alicyclic amines) is 1. The van der Waals surface area contributed by atoms with Gasteiger partial charge in [-0.25, -0.2) is 9.37 Å². The summed E-state index contributed by atoms with van der Waals surface area (Å²) < 4.78 is 13.4. The van der Waals surface area contributed by atoms with Gasteiger partial charge in [-0.3, -0.25) is 9.59 Å². The Balaban J connectivity index is 1.35. The van der Waals surface area contributed by atoms with Crippen molar-refractivity contribution in [3.05, 3.63) is 70.5 Å². The van der Waals surface area contributed by atoms with Gasteiger partial charge < -0.3 is 25.7 Å². The average molecular weight is 524 g/mol. The summed E-state index contributed by atoms with van der Waals surface area (Å²) in [6.45, 7) is 0.443. The first kappa shape index (κ1) is 26.2. The highest BCUT2D eigenvalue weighted by molar-refractivity contribution is 7.13. The van der Waals surface area contributed by atoms with Gasteiger partial charge in [0.2, 0.25) is 0 Å². The first-order valence-electron chi connectivity index (χ1n) is 11.7. The van der Waals surface area contributed by atoms with E-state index in [1.807, 2.05) is 11.4 Å². The molecule has 1 aliphatic heterocycles. The van der Waals surface area contributed by atoms with Crippen LogP contribution in [0.1, 0.15) is 35.7 Å². The molecule has 9 nitrogen and oxygen atoms in total. The summed E-state index contributed by atoms with van der Waals surface area (Å²) in [5.41, 5.74) is 2.89. The van der Waals surface area contributed by atoms with E-state index in [0.717, 1.165) is 6.42 Å². The number of benzene rings is 2. The molecule has 1 saturated heterocycles. The number of amides is 2. The quantitative estimate of drug-likeness (QED) is 0.356. The molecule has 2 amide bonds. The van der Waals surface area contributed by atoms with Crippen LogP contribution in [-0.2, 0) is 16.1 Å². The van der Waals surface area contributed by atoms with Crippen molar-refractivity contribution in [1.29, 1.82) is 5.26 Å². The molecule has 1 fully saturated rings. The van der Waals surface area contributed by atoms with Gasteiger partial charge in [0, 0.05) is 25.5 Å². The molecule has 1 aliphatic rings. The van der Waals surface area contributed by atoms with E-state index in [-0.39, 0.29) is 18.2 Å². The molecule has 0 aliphatic carbocycles. The van der Waals surface area contributed by atoms with Gasteiger partial charge in [0.15, 0.2) is 17.3 Å². The van der Waals surface area contributed by atoms with Crippen molar-refractivity contribution >= 4 is 28.3 Å². The van der Waals surface area contributed by atoms with Crippen LogP contribution in [0.5, 0.6) is 0 Å². The van der Waals surface area contributed by atoms with Gasteiger partial charge in [-0.15, -0.1) is 11.3 Å². The second-order valence-electron chi connectivity index (χ2n) is 8.62. The van der Waals surface area contributed by atoms with Gasteiger partial charge in [0.05, 0.1) is 23.4 Å². The number of thiazole rings is 1. The number of nitrogens with one attached hydrogen (secondary N) is 2. The van der Waals surface area contributed by atoms with Crippen molar-refractivity contribution in [2.45, 2.75) is 37.6 Å². The molecule has 0 radical (unpaired) electrons. The zero-order chi connectivity index (χ0) is 26.5. The van der Waals surface area contributed by atoms with Crippen LogP contribution in [0.4, 0.5) is 9.52 Å². The second-order valence-corrected chi connectivity index (χ2v) is 9.48. The number of halogens is 1. The number of carbonyl (C=O) groups excluding carboxylic acids is 2. The van der Waals surface area contributed by atoms with Crippen molar-refractivity contribution < 1.29 is 24.2 Å². The predicted molar refractivity (Wildman–Crippen MR) is 136 cm³/mol. The molecule has 0 saturated carbocycles. The van der Waals surface area contributed by atoms with Crippen molar-refractivity contribution in [3.63, 3.8) is 0 Å². The van der Waals surface area contributed by atoms with Crippen molar-refractivity contribution in [2.75, 3.05) is 18.9 Å². The van der Waals surface area contributed by atoms with Crippen LogP contribution in [-0.4, -0.2) is 57.7 Å². The Bertz CT molecular complexity index is 1320. The van der Waals surface area contributed by atoms with E-state index in [1.54, 1.807) is 31.3 Å². The molecule has 2 aromatic carbocycles. The van der Waals surface area contributed by atoms with Crippen LogP contribution in [0.3, 0.4) is 0 Å². The number of aliphatic hydroxyl groups excluding tert-OH is 2. The minimum absolute atomic E-state index is 0.0452. The molecule has 1 aromatic heterocycles. The van der Waals surface area contributed by atoms with Gasteiger partial charge in [0.25, 0.3) is 11.8 Å². The number of nitrogens with zero attached hydrogens (tertiary/aromatic N) is 3. The monoisotopic (exact) mass is 523 g/mol. The highest BCUT2D eigenvalue weighted by Crippen LogP contribution is 2.34. The summed E-state index contributed by atoms with van der Waals surface area (Å²) in [5.74, 6) is -2.09. The van der Waals surface area contributed by atoms with Gasteiger partial charge in [-0.2, -0.15) is 5.26 Å². The minimum atomic E-state index is -1.94. The van der Waals surface area contributed by atoms with Gasteiger partial charge in [0.1, 0.15) is 5.82 Å². The second kappa shape index (κ2) is 11.5. The van der Waals surface area contributed by atoms with Crippen LogP contribution in [0.2, 0.25) is 0 Å². The number of hydrogen-bond acceptors (Lipinski definition) is 8. The Kier molecular flexibility index (Phi) is 8.13. The average Bonchev–Trinajstić information content (AvgIpc) is 3.60. The summed E-state index contributed by atoms with van der Waals surface area (Å²) in [4.78, 5) is 31.3. The third kappa shape index (κ3) is 5.77. The lowest BCUT2D eigenvalue weighted by Gasteiger charge is -2.27. The number of nitriles is 1. The molecule has 3 atom stereocenters. The molecule has 4 rings (SSSR count). The Hall–Kier alpha value is -3.85. The highest BCUT2D eigenvalue weighted by Gasteiger charge is 2.39. The fourth-order valence-electron chi connectivity index (χ4n) is 4.30. The maximum absolute atomic E-state index is 13.4. The molecule has 2 heterocycles. The number of anilines is 1. The number of hydrogen-bond donors (Lipinski definition) is 4.